The van der Waals surface area contributed by atoms with E-state index in [9.17, 15) is 24.5 Å². The summed E-state index contributed by atoms with van der Waals surface area (Å²) in [5.74, 6) is -2.64. The maximum atomic E-state index is 13.5. The van der Waals surface area contributed by atoms with Crippen molar-refractivity contribution in [2.45, 2.75) is 29.0 Å². The molecule has 0 unspecified atom stereocenters. The third kappa shape index (κ3) is 4.73. The number of amides is 3. The second-order valence-corrected chi connectivity index (χ2v) is 11.3. The molecule has 0 spiro atoms. The monoisotopic (exact) mass is 631 g/mol. The van der Waals surface area contributed by atoms with Crippen molar-refractivity contribution in [1.29, 1.82) is 0 Å². The van der Waals surface area contributed by atoms with Crippen molar-refractivity contribution in [3.63, 3.8) is 0 Å². The number of nitro groups is 1. The Balaban J connectivity index is 1.72. The van der Waals surface area contributed by atoms with Gasteiger partial charge in [-0.3, -0.25) is 24.5 Å². The lowest BCUT2D eigenvalue weighted by Crippen LogP contribution is -2.49. The van der Waals surface area contributed by atoms with Crippen LogP contribution >= 0.6 is 55.1 Å². The summed E-state index contributed by atoms with van der Waals surface area (Å²) < 4.78 is 0. The van der Waals surface area contributed by atoms with Gasteiger partial charge in [-0.1, -0.05) is 61.1 Å². The number of imide groups is 1. The summed E-state index contributed by atoms with van der Waals surface area (Å²) >= 11 is 19.2. The predicted octanol–water partition coefficient (Wildman–Crippen LogP) is 5.38. The first-order valence-corrected chi connectivity index (χ1v) is 12.8. The van der Waals surface area contributed by atoms with Gasteiger partial charge in [0.05, 0.1) is 33.3 Å². The molecular formula is C22H17Br2Cl2N3O5. The molecule has 1 saturated heterocycles. The van der Waals surface area contributed by atoms with Crippen LogP contribution in [0.15, 0.2) is 42.5 Å². The van der Waals surface area contributed by atoms with E-state index >= 15 is 0 Å². The molecule has 12 heteroatoms. The number of hydrogen-bond acceptors (Lipinski definition) is 5. The van der Waals surface area contributed by atoms with Crippen LogP contribution < -0.4 is 0 Å². The van der Waals surface area contributed by atoms with Gasteiger partial charge in [0, 0.05) is 27.4 Å². The first kappa shape index (κ1) is 25.1. The van der Waals surface area contributed by atoms with Crippen molar-refractivity contribution in [3.8, 4) is 0 Å². The van der Waals surface area contributed by atoms with Crippen LogP contribution in [0.4, 0.5) is 5.69 Å². The van der Waals surface area contributed by atoms with Crippen molar-refractivity contribution < 1.29 is 19.3 Å². The van der Waals surface area contributed by atoms with E-state index < -0.39 is 34.5 Å². The summed E-state index contributed by atoms with van der Waals surface area (Å²) in [4.78, 5) is 50.7. The third-order valence-corrected chi connectivity index (χ3v) is 9.48. The van der Waals surface area contributed by atoms with E-state index in [1.807, 2.05) is 0 Å². The zero-order valence-electron chi connectivity index (χ0n) is 17.4. The zero-order chi connectivity index (χ0) is 24.7. The quantitative estimate of drug-likeness (QED) is 0.190. The lowest BCUT2D eigenvalue weighted by molar-refractivity contribution is -0.384. The fourth-order valence-corrected chi connectivity index (χ4v) is 5.79. The second-order valence-electron chi connectivity index (χ2n) is 8.12. The molecule has 0 radical (unpaired) electrons. The third-order valence-electron chi connectivity index (χ3n) is 6.01. The highest BCUT2D eigenvalue weighted by Crippen LogP contribution is 2.44. The summed E-state index contributed by atoms with van der Waals surface area (Å²) in [5.41, 5.74) is 0.466. The van der Waals surface area contributed by atoms with E-state index in [2.05, 4.69) is 31.9 Å². The number of non-ortho nitro benzene ring substituents is 1. The van der Waals surface area contributed by atoms with E-state index in [-0.39, 0.29) is 32.5 Å². The molecule has 2 fully saturated rings. The molecule has 0 aromatic heterocycles. The molecule has 2 aromatic carbocycles. The molecule has 1 saturated carbocycles. The number of nitrogens with zero attached hydrogens (tertiary/aromatic N) is 3. The molecule has 8 nitrogen and oxygen atoms in total. The van der Waals surface area contributed by atoms with Crippen molar-refractivity contribution in [2.24, 2.45) is 11.8 Å². The smallest absolute Gasteiger partial charge is 0.272 e. The standard InChI is InChI=1S/C22H17Br2Cl2N3O5/c23-16-8-14-15(9-17(16)24)22(32)28(21(14)31)27(10-11-1-6-18(25)19(26)7-11)20(30)12-2-4-13(5-3-12)29(33)34/h1-7,14-17H,8-10H2/t14-,15-,16+,17+/m1/s1. The van der Waals surface area contributed by atoms with Crippen LogP contribution in [0, 0.1) is 22.0 Å². The molecule has 0 bridgehead atoms. The molecule has 1 aliphatic heterocycles. The van der Waals surface area contributed by atoms with Crippen LogP contribution in [0.3, 0.4) is 0 Å². The van der Waals surface area contributed by atoms with Crippen molar-refractivity contribution >= 4 is 78.5 Å². The molecule has 34 heavy (non-hydrogen) atoms. The topological polar surface area (TPSA) is 101 Å². The molecule has 178 valence electrons. The summed E-state index contributed by atoms with van der Waals surface area (Å²) in [6, 6.07) is 9.75. The Hall–Kier alpha value is -2.01. The molecule has 4 atom stereocenters. The number of alkyl halides is 2. The number of benzene rings is 2. The van der Waals surface area contributed by atoms with Gasteiger partial charge in [-0.05, 0) is 42.7 Å². The summed E-state index contributed by atoms with van der Waals surface area (Å²) in [7, 11) is 0. The average molecular weight is 634 g/mol. The summed E-state index contributed by atoms with van der Waals surface area (Å²) in [6.45, 7) is -0.126. The highest BCUT2D eigenvalue weighted by atomic mass is 79.9. The highest BCUT2D eigenvalue weighted by molar-refractivity contribution is 9.12. The first-order chi connectivity index (χ1) is 16.1. The number of fused-ring (bicyclic) bond motifs is 1. The van der Waals surface area contributed by atoms with Gasteiger partial charge in [-0.2, -0.15) is 5.01 Å². The van der Waals surface area contributed by atoms with Crippen LogP contribution in [0.5, 0.6) is 0 Å². The Labute approximate surface area is 221 Å². The second kappa shape index (κ2) is 9.93. The number of hydrazine groups is 1. The predicted molar refractivity (Wildman–Crippen MR) is 133 cm³/mol. The summed E-state index contributed by atoms with van der Waals surface area (Å²) in [6.07, 6.45) is 0.905. The minimum atomic E-state index is -0.646. The molecule has 1 aliphatic carbocycles. The number of carbonyl (C=O) groups is 3. The number of halogens is 4. The lowest BCUT2D eigenvalue weighted by atomic mass is 9.81. The molecular weight excluding hydrogens is 617 g/mol. The van der Waals surface area contributed by atoms with Gasteiger partial charge in [0.1, 0.15) is 0 Å². The Kier molecular flexibility index (Phi) is 7.33. The van der Waals surface area contributed by atoms with E-state index in [1.54, 1.807) is 18.2 Å². The normalized spacial score (nSPS) is 24.2. The van der Waals surface area contributed by atoms with Crippen molar-refractivity contribution in [3.05, 3.63) is 73.8 Å². The van der Waals surface area contributed by atoms with Crippen LogP contribution in [0.1, 0.15) is 28.8 Å². The molecule has 2 aliphatic rings. The van der Waals surface area contributed by atoms with Gasteiger partial charge in [0.25, 0.3) is 23.4 Å². The molecule has 2 aromatic rings. The SMILES string of the molecule is O=C(c1ccc([N+](=O)[O-])cc1)N(Cc1ccc(Cl)c(Cl)c1)N1C(=O)[C@@H]2C[C@H](Br)[C@@H](Br)C[C@H]2C1=O. The van der Waals surface area contributed by atoms with E-state index in [0.717, 1.165) is 10.0 Å². The first-order valence-electron chi connectivity index (χ1n) is 10.2. The lowest BCUT2D eigenvalue weighted by Gasteiger charge is -2.30. The minimum Gasteiger partial charge on any atom is -0.272 e. The number of carbonyl (C=O) groups excluding carboxylic acids is 3. The maximum Gasteiger partial charge on any atom is 0.273 e. The highest BCUT2D eigenvalue weighted by Gasteiger charge is 2.54. The number of rotatable bonds is 5. The Bertz CT molecular complexity index is 1150. The van der Waals surface area contributed by atoms with E-state index in [1.165, 1.54) is 24.3 Å². The van der Waals surface area contributed by atoms with E-state index in [0.29, 0.717) is 23.4 Å². The van der Waals surface area contributed by atoms with Crippen molar-refractivity contribution in [1.82, 2.24) is 10.0 Å². The Morgan fingerprint density at radius 1 is 1.00 bits per heavy atom. The fraction of sp³-hybridized carbons (Fsp3) is 0.318. The average Bonchev–Trinajstić information content (AvgIpc) is 3.03. The van der Waals surface area contributed by atoms with Crippen LogP contribution in [0.2, 0.25) is 10.0 Å². The minimum absolute atomic E-state index is 0.0133. The number of hydrogen-bond donors (Lipinski definition) is 0. The molecule has 1 heterocycles. The number of nitro benzene ring substituents is 1. The summed E-state index contributed by atoms with van der Waals surface area (Å²) in [5, 5.41) is 13.6. The van der Waals surface area contributed by atoms with Gasteiger partial charge in [0.2, 0.25) is 0 Å². The Morgan fingerprint density at radius 3 is 2.06 bits per heavy atom. The zero-order valence-corrected chi connectivity index (χ0v) is 22.1. The van der Waals surface area contributed by atoms with Gasteiger partial charge < -0.3 is 0 Å². The van der Waals surface area contributed by atoms with Crippen LogP contribution in [-0.4, -0.2) is 42.3 Å². The molecule has 4 rings (SSSR count). The van der Waals surface area contributed by atoms with Gasteiger partial charge in [-0.25, -0.2) is 5.01 Å². The fourth-order valence-electron chi connectivity index (χ4n) is 4.23. The van der Waals surface area contributed by atoms with Crippen LogP contribution in [-0.2, 0) is 16.1 Å². The molecule has 3 amide bonds. The van der Waals surface area contributed by atoms with Gasteiger partial charge in [-0.15, -0.1) is 0 Å². The maximum absolute atomic E-state index is 13.5. The Morgan fingerprint density at radius 2 is 1.56 bits per heavy atom. The van der Waals surface area contributed by atoms with Crippen molar-refractivity contribution in [2.75, 3.05) is 0 Å². The van der Waals surface area contributed by atoms with Gasteiger partial charge >= 0.3 is 0 Å². The largest absolute Gasteiger partial charge is 0.273 e. The van der Waals surface area contributed by atoms with Crippen LogP contribution in [0.25, 0.3) is 0 Å². The van der Waals surface area contributed by atoms with Gasteiger partial charge in [0.15, 0.2) is 0 Å². The van der Waals surface area contributed by atoms with E-state index in [4.69, 9.17) is 23.2 Å². The molecule has 0 N–H and O–H groups in total.